The van der Waals surface area contributed by atoms with Crippen LogP contribution in [0.2, 0.25) is 5.02 Å². The van der Waals surface area contributed by atoms with Crippen molar-refractivity contribution in [1.82, 2.24) is 10.2 Å². The number of unbranched alkanes of at least 4 members (excludes halogenated alkanes) is 1. The van der Waals surface area contributed by atoms with Crippen LogP contribution in [0.4, 0.5) is 5.69 Å². The molecule has 0 aromatic heterocycles. The second-order valence-electron chi connectivity index (χ2n) is 7.67. The zero-order chi connectivity index (χ0) is 20.1. The number of nitrogens with one attached hydrogen (secondary N) is 2. The number of anilines is 1. The van der Waals surface area contributed by atoms with Crippen molar-refractivity contribution in [1.29, 1.82) is 0 Å². The summed E-state index contributed by atoms with van der Waals surface area (Å²) in [5, 5.41) is 6.81. The van der Waals surface area contributed by atoms with Gasteiger partial charge in [-0.15, -0.1) is 0 Å². The Hall–Kier alpha value is -1.57. The van der Waals surface area contributed by atoms with Crippen molar-refractivity contribution in [3.8, 4) is 0 Å². The lowest BCUT2D eigenvalue weighted by molar-refractivity contribution is -0.142. The fraction of sp³-hybridized carbons (Fsp3) is 0.550. The molecule has 4 rings (SSSR count). The van der Waals surface area contributed by atoms with Crippen LogP contribution in [0.3, 0.4) is 0 Å². The van der Waals surface area contributed by atoms with Crippen LogP contribution >= 0.6 is 23.4 Å². The summed E-state index contributed by atoms with van der Waals surface area (Å²) < 4.78 is 0. The van der Waals surface area contributed by atoms with E-state index in [-0.39, 0.29) is 23.8 Å². The van der Waals surface area contributed by atoms with Crippen LogP contribution in [0.5, 0.6) is 0 Å². The van der Waals surface area contributed by atoms with Crippen molar-refractivity contribution in [2.45, 2.75) is 37.8 Å². The predicted molar refractivity (Wildman–Crippen MR) is 110 cm³/mol. The first kappa shape index (κ1) is 19.7. The molecule has 1 aromatic carbocycles. The first-order valence-corrected chi connectivity index (χ1v) is 11.5. The Bertz CT molecular complexity index is 848. The van der Waals surface area contributed by atoms with Gasteiger partial charge in [-0.3, -0.25) is 24.6 Å². The average Bonchev–Trinajstić information content (AvgIpc) is 3.24. The van der Waals surface area contributed by atoms with Gasteiger partial charge in [-0.1, -0.05) is 24.9 Å². The third-order valence-electron chi connectivity index (χ3n) is 6.14. The minimum absolute atomic E-state index is 0.151. The number of imide groups is 1. The van der Waals surface area contributed by atoms with Crippen molar-refractivity contribution < 1.29 is 14.4 Å². The van der Waals surface area contributed by atoms with Gasteiger partial charge < -0.3 is 5.32 Å². The predicted octanol–water partition coefficient (Wildman–Crippen LogP) is 2.61. The number of nitrogens with zero attached hydrogens (tertiary/aromatic N) is 1. The smallest absolute Gasteiger partial charge is 0.250 e. The lowest BCUT2D eigenvalue weighted by Gasteiger charge is -2.29. The summed E-state index contributed by atoms with van der Waals surface area (Å²) in [6.07, 6.45) is 4.38. The molecular weight excluding hydrogens is 398 g/mol. The number of amides is 3. The molecule has 3 amide bonds. The van der Waals surface area contributed by atoms with Gasteiger partial charge in [-0.25, -0.2) is 0 Å². The Morgan fingerprint density at radius 2 is 2.04 bits per heavy atom. The van der Waals surface area contributed by atoms with Gasteiger partial charge in [0.1, 0.15) is 5.54 Å². The molecule has 0 aliphatic carbocycles. The van der Waals surface area contributed by atoms with E-state index in [9.17, 15) is 14.4 Å². The van der Waals surface area contributed by atoms with Crippen molar-refractivity contribution in [2.75, 3.05) is 23.9 Å². The number of hydrogen-bond donors (Lipinski definition) is 2. The van der Waals surface area contributed by atoms with E-state index in [2.05, 4.69) is 10.6 Å². The molecule has 4 atom stereocenters. The second-order valence-corrected chi connectivity index (χ2v) is 9.09. The zero-order valence-electron chi connectivity index (χ0n) is 16.0. The number of hydrogen-bond acceptors (Lipinski definition) is 5. The number of carbonyl (C=O) groups is 3. The van der Waals surface area contributed by atoms with Crippen LogP contribution in [-0.2, 0) is 19.9 Å². The van der Waals surface area contributed by atoms with Gasteiger partial charge in [-0.05, 0) is 43.0 Å². The van der Waals surface area contributed by atoms with Crippen molar-refractivity contribution in [3.63, 3.8) is 0 Å². The zero-order valence-corrected chi connectivity index (χ0v) is 17.5. The standard InChI is InChI=1S/C20H24ClN3O3S/c1-3-4-8-24-17(25)15-14(7-9-28-2)23-20(16(15)18(24)26)12-10-11(21)5-6-13(12)22-19(20)27/h5-6,10,14-16,23H,3-4,7-9H2,1-2H3,(H,22,27)/t14?,15-,16+,20?/m1/s1. The van der Waals surface area contributed by atoms with Gasteiger partial charge in [-0.2, -0.15) is 11.8 Å². The summed E-state index contributed by atoms with van der Waals surface area (Å²) in [6, 6.07) is 4.98. The van der Waals surface area contributed by atoms with Gasteiger partial charge in [0, 0.05) is 28.9 Å². The Balaban J connectivity index is 1.81. The third-order valence-corrected chi connectivity index (χ3v) is 7.02. The molecule has 3 aliphatic rings. The lowest BCUT2D eigenvalue weighted by atomic mass is 9.76. The van der Waals surface area contributed by atoms with Crippen LogP contribution in [0, 0.1) is 11.8 Å². The van der Waals surface area contributed by atoms with Crippen LogP contribution < -0.4 is 10.6 Å². The Kier molecular flexibility index (Phi) is 5.18. The van der Waals surface area contributed by atoms with Gasteiger partial charge in [0.25, 0.3) is 0 Å². The molecule has 0 saturated carbocycles. The number of thioether (sulfide) groups is 1. The SMILES string of the molecule is CCCCN1C(=O)[C@@H]2C(CCSC)NC3(C(=O)Nc4ccc(Cl)cc43)[C@@H]2C1=O. The summed E-state index contributed by atoms with van der Waals surface area (Å²) in [7, 11) is 0. The molecule has 0 radical (unpaired) electrons. The number of likely N-dealkylation sites (tertiary alicyclic amines) is 1. The number of carbonyl (C=O) groups excluding carboxylic acids is 3. The maximum absolute atomic E-state index is 13.4. The normalized spacial score (nSPS) is 30.9. The summed E-state index contributed by atoms with van der Waals surface area (Å²) in [4.78, 5) is 41.1. The van der Waals surface area contributed by atoms with E-state index in [1.807, 2.05) is 13.2 Å². The van der Waals surface area contributed by atoms with Gasteiger partial charge >= 0.3 is 0 Å². The Labute approximate surface area is 173 Å². The topological polar surface area (TPSA) is 78.5 Å². The molecule has 1 spiro atoms. The van der Waals surface area contributed by atoms with E-state index in [1.165, 1.54) is 4.90 Å². The van der Waals surface area contributed by atoms with Crippen molar-refractivity contribution >= 4 is 46.8 Å². The Morgan fingerprint density at radius 1 is 1.25 bits per heavy atom. The molecule has 150 valence electrons. The summed E-state index contributed by atoms with van der Waals surface area (Å²) in [5.41, 5.74) is 0.0883. The van der Waals surface area contributed by atoms with E-state index < -0.39 is 17.4 Å². The number of benzene rings is 1. The first-order valence-electron chi connectivity index (χ1n) is 9.69. The highest BCUT2D eigenvalue weighted by atomic mass is 35.5. The molecule has 2 fully saturated rings. The van der Waals surface area contributed by atoms with Crippen LogP contribution in [0.1, 0.15) is 31.7 Å². The molecule has 8 heteroatoms. The second kappa shape index (κ2) is 7.35. The van der Waals surface area contributed by atoms with Gasteiger partial charge in [0.2, 0.25) is 17.7 Å². The number of rotatable bonds is 6. The molecule has 2 saturated heterocycles. The van der Waals surface area contributed by atoms with Crippen LogP contribution in [-0.4, -0.2) is 47.2 Å². The third kappa shape index (κ3) is 2.70. The summed E-state index contributed by atoms with van der Waals surface area (Å²) in [6.45, 7) is 2.44. The molecule has 0 bridgehead atoms. The molecule has 2 N–H and O–H groups in total. The average molecular weight is 422 g/mol. The minimum Gasteiger partial charge on any atom is -0.324 e. The quantitative estimate of drug-likeness (QED) is 0.690. The first-order chi connectivity index (χ1) is 13.5. The summed E-state index contributed by atoms with van der Waals surface area (Å²) in [5.74, 6) is -1.08. The molecule has 3 heterocycles. The maximum Gasteiger partial charge on any atom is 0.250 e. The van der Waals surface area contributed by atoms with Crippen molar-refractivity contribution in [3.05, 3.63) is 28.8 Å². The molecule has 3 aliphatic heterocycles. The minimum atomic E-state index is -1.23. The highest BCUT2D eigenvalue weighted by Gasteiger charge is 2.70. The Morgan fingerprint density at radius 3 is 2.75 bits per heavy atom. The van der Waals surface area contributed by atoms with Gasteiger partial charge in [0.15, 0.2) is 0 Å². The largest absolute Gasteiger partial charge is 0.324 e. The highest BCUT2D eigenvalue weighted by molar-refractivity contribution is 7.98. The van der Waals surface area contributed by atoms with E-state index in [1.54, 1.807) is 30.0 Å². The lowest BCUT2D eigenvalue weighted by Crippen LogP contribution is -2.53. The van der Waals surface area contributed by atoms with Gasteiger partial charge in [0.05, 0.1) is 11.8 Å². The van der Waals surface area contributed by atoms with E-state index >= 15 is 0 Å². The van der Waals surface area contributed by atoms with Crippen molar-refractivity contribution in [2.24, 2.45) is 11.8 Å². The molecule has 6 nitrogen and oxygen atoms in total. The molecular formula is C20H24ClN3O3S. The molecule has 28 heavy (non-hydrogen) atoms. The monoisotopic (exact) mass is 421 g/mol. The fourth-order valence-corrected chi connectivity index (χ4v) is 5.53. The molecule has 1 aromatic rings. The fourth-order valence-electron chi connectivity index (χ4n) is 4.86. The van der Waals surface area contributed by atoms with E-state index in [4.69, 9.17) is 11.6 Å². The van der Waals surface area contributed by atoms with E-state index in [0.29, 0.717) is 29.2 Å². The summed E-state index contributed by atoms with van der Waals surface area (Å²) >= 11 is 7.91. The van der Waals surface area contributed by atoms with Crippen LogP contribution in [0.15, 0.2) is 18.2 Å². The maximum atomic E-state index is 13.4. The molecule has 2 unspecified atom stereocenters. The highest BCUT2D eigenvalue weighted by Crippen LogP contribution is 2.53. The number of fused-ring (bicyclic) bond motifs is 4. The van der Waals surface area contributed by atoms with Crippen LogP contribution in [0.25, 0.3) is 0 Å². The number of halogens is 1. The van der Waals surface area contributed by atoms with E-state index in [0.717, 1.165) is 18.6 Å².